The monoisotopic (exact) mass is 664 g/mol. The number of fused-ring (bicyclic) bond motifs is 1. The number of halogens is 4. The van der Waals surface area contributed by atoms with Crippen molar-refractivity contribution in [3.8, 4) is 0 Å². The van der Waals surface area contributed by atoms with Gasteiger partial charge in [-0.15, -0.1) is 0 Å². The number of likely N-dealkylation sites (tertiary alicyclic amines) is 1. The summed E-state index contributed by atoms with van der Waals surface area (Å²) in [6.07, 6.45) is -2.66. The highest BCUT2D eigenvalue weighted by Crippen LogP contribution is 2.28. The van der Waals surface area contributed by atoms with Crippen LogP contribution in [0.4, 0.5) is 32.8 Å². The molecule has 0 saturated carbocycles. The summed E-state index contributed by atoms with van der Waals surface area (Å²) in [5, 5.41) is 14.7. The van der Waals surface area contributed by atoms with Gasteiger partial charge in [0.25, 0.3) is 5.56 Å². The zero-order valence-corrected chi connectivity index (χ0v) is 25.2. The van der Waals surface area contributed by atoms with Gasteiger partial charge < -0.3 is 29.9 Å². The van der Waals surface area contributed by atoms with Crippen molar-refractivity contribution >= 4 is 40.7 Å². The molecule has 1 aliphatic heterocycles. The Labute approximate surface area is 264 Å². The average Bonchev–Trinajstić information content (AvgIpc) is 3.67. The molecule has 0 aliphatic carbocycles. The van der Waals surface area contributed by atoms with Crippen molar-refractivity contribution in [1.29, 1.82) is 0 Å². The summed E-state index contributed by atoms with van der Waals surface area (Å²) in [6.45, 7) is 0.829. The lowest BCUT2D eigenvalue weighted by Gasteiger charge is -2.17. The van der Waals surface area contributed by atoms with Crippen molar-refractivity contribution in [3.05, 3.63) is 70.2 Å². The van der Waals surface area contributed by atoms with E-state index in [-0.39, 0.29) is 46.9 Å². The van der Waals surface area contributed by atoms with Crippen molar-refractivity contribution in [2.75, 3.05) is 25.5 Å². The Bertz CT molecular complexity index is 1740. The van der Waals surface area contributed by atoms with Crippen LogP contribution in [-0.4, -0.2) is 80.5 Å². The molecule has 1 fully saturated rings. The lowest BCUT2D eigenvalue weighted by atomic mass is 10.1. The number of pyridine rings is 1. The number of nitrogens with zero attached hydrogens (tertiary/aromatic N) is 4. The fraction of sp³-hybridized carbons (Fsp3) is 0.400. The van der Waals surface area contributed by atoms with Crippen LogP contribution in [0.25, 0.3) is 11.0 Å². The second kappa shape index (κ2) is 14.9. The summed E-state index contributed by atoms with van der Waals surface area (Å²) in [6, 6.07) is 3.13. The van der Waals surface area contributed by atoms with Crippen LogP contribution in [0, 0.1) is 5.82 Å². The summed E-state index contributed by atoms with van der Waals surface area (Å²) >= 11 is 0. The van der Waals surface area contributed by atoms with Gasteiger partial charge in [-0.05, 0) is 61.9 Å². The molecule has 4 rings (SSSR count). The topological polar surface area (TPSA) is 165 Å². The van der Waals surface area contributed by atoms with E-state index >= 15 is 0 Å². The third-order valence-electron chi connectivity index (χ3n) is 7.43. The third-order valence-corrected chi connectivity index (χ3v) is 7.43. The maximum Gasteiger partial charge on any atom is 0.417 e. The van der Waals surface area contributed by atoms with E-state index in [0.717, 1.165) is 36.7 Å². The lowest BCUT2D eigenvalue weighted by molar-refractivity contribution is -0.134. The minimum atomic E-state index is -4.55. The Hall–Kier alpha value is -5.22. The first-order valence-electron chi connectivity index (χ1n) is 14.6. The molecule has 3 amide bonds. The van der Waals surface area contributed by atoms with Crippen molar-refractivity contribution < 1.29 is 46.6 Å². The fourth-order valence-electron chi connectivity index (χ4n) is 5.13. The van der Waals surface area contributed by atoms with E-state index in [1.54, 1.807) is 11.0 Å². The number of rotatable bonds is 11. The Kier molecular flexibility index (Phi) is 11.0. The molecular weight excluding hydrogens is 632 g/mol. The Morgan fingerprint density at radius 1 is 1.17 bits per heavy atom. The maximum atomic E-state index is 14.3. The molecule has 1 aromatic carbocycles. The third kappa shape index (κ3) is 8.95. The number of imidazole rings is 1. The SMILES string of the molecule is COC(=O)NC(CCC=CC(=O)N1CCCC1)C(=O)Nc1cccn(Cc2nc3c(CCC(F)(F)F)cc(F)cc3n2C(=O)O)c1=O. The second-order valence-electron chi connectivity index (χ2n) is 10.7. The van der Waals surface area contributed by atoms with Gasteiger partial charge in [0.15, 0.2) is 0 Å². The van der Waals surface area contributed by atoms with E-state index in [2.05, 4.69) is 20.4 Å². The summed E-state index contributed by atoms with van der Waals surface area (Å²) in [4.78, 5) is 68.6. The summed E-state index contributed by atoms with van der Waals surface area (Å²) in [7, 11) is 1.10. The molecule has 1 atom stereocenters. The van der Waals surface area contributed by atoms with Crippen LogP contribution in [0.3, 0.4) is 0 Å². The van der Waals surface area contributed by atoms with Crippen LogP contribution in [0.2, 0.25) is 0 Å². The van der Waals surface area contributed by atoms with E-state index < -0.39 is 61.1 Å². The zero-order chi connectivity index (χ0) is 34.3. The quantitative estimate of drug-likeness (QED) is 0.204. The molecular formula is C30H32F4N6O7. The number of ether oxygens (including phenoxy) is 1. The highest BCUT2D eigenvalue weighted by Gasteiger charge is 2.28. The summed E-state index contributed by atoms with van der Waals surface area (Å²) in [5.74, 6) is -2.20. The molecule has 17 heteroatoms. The van der Waals surface area contributed by atoms with Crippen LogP contribution < -0.4 is 16.2 Å². The number of alkyl carbamates (subject to hydrolysis) is 1. The van der Waals surface area contributed by atoms with E-state index in [9.17, 15) is 46.6 Å². The molecule has 47 heavy (non-hydrogen) atoms. The van der Waals surface area contributed by atoms with Gasteiger partial charge in [0.2, 0.25) is 11.8 Å². The van der Waals surface area contributed by atoms with E-state index in [1.807, 2.05) is 0 Å². The maximum absolute atomic E-state index is 14.3. The Morgan fingerprint density at radius 3 is 2.55 bits per heavy atom. The number of aromatic nitrogens is 3. The lowest BCUT2D eigenvalue weighted by Crippen LogP contribution is -2.44. The van der Waals surface area contributed by atoms with Crippen molar-refractivity contribution in [3.63, 3.8) is 0 Å². The first-order valence-corrected chi connectivity index (χ1v) is 14.6. The number of nitrogens with one attached hydrogen (secondary N) is 2. The number of hydrogen-bond donors (Lipinski definition) is 3. The molecule has 0 bridgehead atoms. The number of amides is 3. The van der Waals surface area contributed by atoms with Crippen LogP contribution in [0.15, 0.2) is 47.4 Å². The predicted octanol–water partition coefficient (Wildman–Crippen LogP) is 4.03. The molecule has 3 aromatic rings. The first-order chi connectivity index (χ1) is 22.3. The van der Waals surface area contributed by atoms with Gasteiger partial charge in [0.1, 0.15) is 23.4 Å². The molecule has 1 saturated heterocycles. The van der Waals surface area contributed by atoms with E-state index in [4.69, 9.17) is 0 Å². The van der Waals surface area contributed by atoms with Crippen LogP contribution in [0.5, 0.6) is 0 Å². The number of alkyl halides is 3. The summed E-state index contributed by atoms with van der Waals surface area (Å²) in [5.41, 5.74) is -1.68. The number of aryl methyl sites for hydroxylation is 1. The fourth-order valence-corrected chi connectivity index (χ4v) is 5.13. The Morgan fingerprint density at radius 2 is 1.89 bits per heavy atom. The van der Waals surface area contributed by atoms with Gasteiger partial charge in [-0.3, -0.25) is 14.4 Å². The van der Waals surface area contributed by atoms with Gasteiger partial charge in [-0.1, -0.05) is 6.08 Å². The summed E-state index contributed by atoms with van der Waals surface area (Å²) < 4.78 is 59.1. The van der Waals surface area contributed by atoms with E-state index in [0.29, 0.717) is 17.7 Å². The van der Waals surface area contributed by atoms with Crippen molar-refractivity contribution in [1.82, 2.24) is 24.3 Å². The average molecular weight is 665 g/mol. The predicted molar refractivity (Wildman–Crippen MR) is 159 cm³/mol. The minimum Gasteiger partial charge on any atom is -0.464 e. The number of carboxylic acid groups (broad SMARTS) is 1. The van der Waals surface area contributed by atoms with Crippen molar-refractivity contribution in [2.45, 2.75) is 57.3 Å². The number of allylic oxidation sites excluding steroid dienone is 1. The molecule has 0 radical (unpaired) electrons. The number of carbonyl (C=O) groups excluding carboxylic acids is 3. The standard InChI is InChI=1S/C30H32F4N6O7/c1-47-28(44)36-20(7-2-3-9-24(41)38-12-4-5-13-38)26(42)35-21-8-6-14-39(27(21)43)17-23-37-25-18(10-11-30(32,33)34)15-19(31)16-22(25)40(23)29(45)46/h3,6,8-9,14-16,20H,2,4-5,7,10-13,17H2,1H3,(H,35,42)(H,36,44)(H,45,46). The second-order valence-corrected chi connectivity index (χ2v) is 10.7. The molecule has 252 valence electrons. The normalized spacial score (nSPS) is 14.0. The molecule has 1 aliphatic rings. The van der Waals surface area contributed by atoms with Gasteiger partial charge >= 0.3 is 18.4 Å². The zero-order valence-electron chi connectivity index (χ0n) is 25.2. The Balaban J connectivity index is 1.55. The molecule has 0 spiro atoms. The van der Waals surface area contributed by atoms with Crippen molar-refractivity contribution in [2.24, 2.45) is 0 Å². The van der Waals surface area contributed by atoms with Gasteiger partial charge in [-0.2, -0.15) is 13.2 Å². The van der Waals surface area contributed by atoms with Crippen LogP contribution >= 0.6 is 0 Å². The van der Waals surface area contributed by atoms with Gasteiger partial charge in [0, 0.05) is 31.8 Å². The highest BCUT2D eigenvalue weighted by atomic mass is 19.4. The molecule has 2 aromatic heterocycles. The number of methoxy groups -OCH3 is 1. The number of hydrogen-bond acceptors (Lipinski definition) is 7. The molecule has 3 heterocycles. The smallest absolute Gasteiger partial charge is 0.417 e. The highest BCUT2D eigenvalue weighted by molar-refractivity contribution is 5.96. The van der Waals surface area contributed by atoms with E-state index in [1.165, 1.54) is 24.4 Å². The number of anilines is 1. The minimum absolute atomic E-state index is 0.0433. The first kappa shape index (κ1) is 34.6. The molecule has 13 nitrogen and oxygen atoms in total. The van der Waals surface area contributed by atoms with Gasteiger partial charge in [0.05, 0.1) is 24.7 Å². The number of benzene rings is 1. The largest absolute Gasteiger partial charge is 0.464 e. The van der Waals surface area contributed by atoms with Gasteiger partial charge in [-0.25, -0.2) is 23.5 Å². The van der Waals surface area contributed by atoms with Crippen LogP contribution in [0.1, 0.15) is 43.5 Å². The number of carbonyl (C=O) groups is 4. The van der Waals surface area contributed by atoms with Crippen LogP contribution in [-0.2, 0) is 27.3 Å². The molecule has 3 N–H and O–H groups in total. The molecule has 1 unspecified atom stereocenters.